The maximum absolute atomic E-state index is 13.8. The van der Waals surface area contributed by atoms with Crippen molar-refractivity contribution in [2.75, 3.05) is 19.8 Å². The van der Waals surface area contributed by atoms with E-state index in [0.29, 0.717) is 37.7 Å². The highest BCUT2D eigenvalue weighted by Crippen LogP contribution is 2.32. The van der Waals surface area contributed by atoms with Gasteiger partial charge in [0.1, 0.15) is 18.2 Å². The zero-order valence-electron chi connectivity index (χ0n) is 27.7. The number of cyclic esters (lactones) is 1. The van der Waals surface area contributed by atoms with E-state index in [4.69, 9.17) is 14.5 Å². The third-order valence-electron chi connectivity index (χ3n) is 9.56. The Labute approximate surface area is 270 Å². The molecule has 5 bridgehead atoms. The van der Waals surface area contributed by atoms with Gasteiger partial charge < -0.3 is 20.1 Å². The molecule has 0 aliphatic carbocycles. The van der Waals surface area contributed by atoms with E-state index in [9.17, 15) is 19.2 Å². The van der Waals surface area contributed by atoms with Crippen LogP contribution in [-0.4, -0.2) is 71.6 Å². The van der Waals surface area contributed by atoms with Crippen LogP contribution in [0.25, 0.3) is 17.0 Å². The number of esters is 1. The van der Waals surface area contributed by atoms with E-state index in [2.05, 4.69) is 23.0 Å². The van der Waals surface area contributed by atoms with Crippen molar-refractivity contribution in [3.63, 3.8) is 0 Å². The minimum atomic E-state index is -0.937. The van der Waals surface area contributed by atoms with E-state index in [1.54, 1.807) is 26.8 Å². The Morgan fingerprint density at radius 3 is 2.52 bits per heavy atom. The molecule has 3 aliphatic rings. The average molecular weight is 634 g/mol. The fourth-order valence-corrected chi connectivity index (χ4v) is 6.38. The van der Waals surface area contributed by atoms with Crippen LogP contribution in [0.1, 0.15) is 78.2 Å². The van der Waals surface area contributed by atoms with Gasteiger partial charge in [-0.05, 0) is 69.6 Å². The third kappa shape index (κ3) is 7.41. The average Bonchev–Trinajstić information content (AvgIpc) is 3.03. The first kappa shape index (κ1) is 33.5. The van der Waals surface area contributed by atoms with E-state index < -0.39 is 35.5 Å². The largest absolute Gasteiger partial charge is 0.455 e. The number of benzene rings is 1. The number of rotatable bonds is 2. The molecule has 2 saturated heterocycles. The summed E-state index contributed by atoms with van der Waals surface area (Å²) in [6.45, 7) is 12.1. The normalized spacial score (nSPS) is 30.5. The minimum Gasteiger partial charge on any atom is -0.455 e. The van der Waals surface area contributed by atoms with Gasteiger partial charge in [0.15, 0.2) is 0 Å². The number of pyridine rings is 1. The van der Waals surface area contributed by atoms with Crippen LogP contribution in [0, 0.1) is 23.2 Å². The molecule has 11 heteroatoms. The lowest BCUT2D eigenvalue weighted by Gasteiger charge is -2.46. The van der Waals surface area contributed by atoms with Gasteiger partial charge >= 0.3 is 5.97 Å². The molecule has 0 saturated carbocycles. The molecule has 1 aromatic carbocycles. The number of amides is 3. The molecule has 11 nitrogen and oxygen atoms in total. The zero-order valence-corrected chi connectivity index (χ0v) is 27.7. The number of hydrazine groups is 1. The van der Waals surface area contributed by atoms with Gasteiger partial charge in [0.25, 0.3) is 5.91 Å². The molecule has 2 aromatic rings. The van der Waals surface area contributed by atoms with Crippen molar-refractivity contribution < 1.29 is 28.7 Å². The molecular weight excluding hydrogens is 586 g/mol. The predicted molar refractivity (Wildman–Crippen MR) is 174 cm³/mol. The van der Waals surface area contributed by atoms with E-state index in [1.807, 2.05) is 50.3 Å². The molecule has 0 spiro atoms. The molecule has 3 amide bonds. The van der Waals surface area contributed by atoms with Gasteiger partial charge in [-0.2, -0.15) is 0 Å². The first-order chi connectivity index (χ1) is 21.8. The maximum atomic E-state index is 13.8. The van der Waals surface area contributed by atoms with Gasteiger partial charge in [-0.15, -0.1) is 0 Å². The van der Waals surface area contributed by atoms with Gasteiger partial charge in [0, 0.05) is 17.9 Å². The van der Waals surface area contributed by atoms with Crippen molar-refractivity contribution in [3.05, 3.63) is 47.7 Å². The Balaban J connectivity index is 1.49. The van der Waals surface area contributed by atoms with Crippen LogP contribution in [0.3, 0.4) is 0 Å². The molecule has 6 atom stereocenters. The highest BCUT2D eigenvalue weighted by Gasteiger charge is 2.42. The van der Waals surface area contributed by atoms with E-state index in [1.165, 1.54) is 5.01 Å². The van der Waals surface area contributed by atoms with E-state index in [-0.39, 0.29) is 36.2 Å². The summed E-state index contributed by atoms with van der Waals surface area (Å²) in [6, 6.07) is 7.77. The van der Waals surface area contributed by atoms with Crippen LogP contribution in [0.2, 0.25) is 0 Å². The van der Waals surface area contributed by atoms with E-state index >= 15 is 0 Å². The second-order valence-electron chi connectivity index (χ2n) is 13.8. The molecule has 2 fully saturated rings. The zero-order chi connectivity index (χ0) is 33.2. The standard InChI is InChI=1S/C35H47N5O6/c1-20(2)31-32(42)36-18-30(41)40-29(25-19-45-16-14-21(25)3)12-11-27(39-40)33(43)46-22(4)26-10-9-24-8-7-23(17-28(24)37-26)13-15-35(5,6)34(44)38-31/h7-10,13,15,17,20-22,25,27,29,31,39H,11-12,14,16,18-19H2,1-6H3,(H,36,42)(H,38,44)/b15-13+/t21?,22-,25?,27+,29?,31+/m1/s1. The van der Waals surface area contributed by atoms with Gasteiger partial charge in [0.05, 0.1) is 35.8 Å². The molecule has 46 heavy (non-hydrogen) atoms. The lowest BCUT2D eigenvalue weighted by molar-refractivity contribution is -0.161. The third-order valence-corrected chi connectivity index (χ3v) is 9.56. The molecule has 3 aliphatic heterocycles. The number of nitrogens with zero attached hydrogens (tertiary/aromatic N) is 2. The lowest BCUT2D eigenvalue weighted by atomic mass is 9.80. The second kappa shape index (κ2) is 13.9. The van der Waals surface area contributed by atoms with Crippen LogP contribution in [0.5, 0.6) is 0 Å². The van der Waals surface area contributed by atoms with Gasteiger partial charge in [0.2, 0.25) is 11.8 Å². The first-order valence-corrected chi connectivity index (χ1v) is 16.4. The van der Waals surface area contributed by atoms with Crippen molar-refractivity contribution in [2.24, 2.45) is 23.2 Å². The predicted octanol–water partition coefficient (Wildman–Crippen LogP) is 3.69. The molecule has 3 unspecified atom stereocenters. The minimum absolute atomic E-state index is 0.0657. The summed E-state index contributed by atoms with van der Waals surface area (Å²) in [4.78, 5) is 58.9. The first-order valence-electron chi connectivity index (χ1n) is 16.4. The van der Waals surface area contributed by atoms with E-state index in [0.717, 1.165) is 22.9 Å². The number of nitrogens with one attached hydrogen (secondary N) is 3. The summed E-state index contributed by atoms with van der Waals surface area (Å²) in [5, 5.41) is 8.08. The number of carbonyl (C=O) groups is 4. The summed E-state index contributed by atoms with van der Waals surface area (Å²) in [6.07, 6.45) is 4.96. The topological polar surface area (TPSA) is 139 Å². The number of ether oxygens (including phenoxy) is 2. The van der Waals surface area contributed by atoms with Gasteiger partial charge in [-0.3, -0.25) is 24.2 Å². The number of aromatic nitrogens is 1. The molecule has 1 aromatic heterocycles. The van der Waals surface area contributed by atoms with Crippen molar-refractivity contribution in [3.8, 4) is 0 Å². The fraction of sp³-hybridized carbons (Fsp3) is 0.571. The SMILES string of the molecule is CC1CCOCC1C1CC[C@@H]2NN1C(=O)CNC(=O)[C@H](C(C)C)NC(=O)C(C)(C)/C=C/c1ccc3ccc(nc3c1)[C@@H](C)OC2=O. The highest BCUT2D eigenvalue weighted by molar-refractivity contribution is 5.93. The van der Waals surface area contributed by atoms with Crippen molar-refractivity contribution in [1.82, 2.24) is 26.1 Å². The Kier molecular flexibility index (Phi) is 10.1. The molecular formula is C35H47N5O6. The summed E-state index contributed by atoms with van der Waals surface area (Å²) in [5.74, 6) is -1.47. The molecule has 248 valence electrons. The van der Waals surface area contributed by atoms with Crippen molar-refractivity contribution in [2.45, 2.75) is 85.0 Å². The van der Waals surface area contributed by atoms with Crippen LogP contribution >= 0.6 is 0 Å². The maximum Gasteiger partial charge on any atom is 0.325 e. The summed E-state index contributed by atoms with van der Waals surface area (Å²) < 4.78 is 11.7. The fourth-order valence-electron chi connectivity index (χ4n) is 6.38. The number of carbonyl (C=O) groups excluding carboxylic acids is 4. The monoisotopic (exact) mass is 633 g/mol. The van der Waals surface area contributed by atoms with Gasteiger partial charge in [-0.1, -0.05) is 51.1 Å². The van der Waals surface area contributed by atoms with Gasteiger partial charge in [-0.25, -0.2) is 10.4 Å². The molecule has 0 radical (unpaired) electrons. The Bertz CT molecular complexity index is 1510. The summed E-state index contributed by atoms with van der Waals surface area (Å²) in [7, 11) is 0. The van der Waals surface area contributed by atoms with Crippen LogP contribution in [-0.2, 0) is 28.7 Å². The van der Waals surface area contributed by atoms with Crippen LogP contribution in [0.15, 0.2) is 36.4 Å². The Hall–Kier alpha value is -3.83. The second-order valence-corrected chi connectivity index (χ2v) is 13.8. The Morgan fingerprint density at radius 1 is 1.02 bits per heavy atom. The summed E-state index contributed by atoms with van der Waals surface area (Å²) >= 11 is 0. The molecule has 3 N–H and O–H groups in total. The van der Waals surface area contributed by atoms with Crippen molar-refractivity contribution in [1.29, 1.82) is 0 Å². The molecule has 5 rings (SSSR count). The summed E-state index contributed by atoms with van der Waals surface area (Å²) in [5.41, 5.74) is 4.40. The van der Waals surface area contributed by atoms with Crippen LogP contribution in [0.4, 0.5) is 0 Å². The highest BCUT2D eigenvalue weighted by atomic mass is 16.5. The van der Waals surface area contributed by atoms with Crippen LogP contribution < -0.4 is 16.1 Å². The smallest absolute Gasteiger partial charge is 0.325 e. The Morgan fingerprint density at radius 2 is 1.78 bits per heavy atom. The number of hydrogen-bond donors (Lipinski definition) is 3. The number of fused-ring (bicyclic) bond motifs is 4. The molecule has 4 heterocycles. The quantitative estimate of drug-likeness (QED) is 0.426. The van der Waals surface area contributed by atoms with Crippen molar-refractivity contribution >= 4 is 40.7 Å². The number of hydrogen-bond acceptors (Lipinski definition) is 8. The lowest BCUT2D eigenvalue weighted by Crippen LogP contribution is -2.64.